The molecule has 1 heterocycles. The van der Waals surface area contributed by atoms with Crippen LogP contribution in [0.4, 0.5) is 0 Å². The molecule has 1 N–H and O–H groups in total. The Hall–Kier alpha value is -1.60. The van der Waals surface area contributed by atoms with Gasteiger partial charge >= 0.3 is 0 Å². The van der Waals surface area contributed by atoms with Gasteiger partial charge in [-0.2, -0.15) is 0 Å². The smallest absolute Gasteiger partial charge is 0.213 e. The van der Waals surface area contributed by atoms with E-state index in [1.54, 1.807) is 19.1 Å². The molecular formula is C12H9BrN3O2S-. The van der Waals surface area contributed by atoms with Crippen LogP contribution >= 0.6 is 27.7 Å². The Balaban J connectivity index is 2.24. The summed E-state index contributed by atoms with van der Waals surface area (Å²) in [6.07, 6.45) is 1.53. The molecule has 0 aliphatic rings. The fourth-order valence-corrected chi connectivity index (χ4v) is 2.32. The van der Waals surface area contributed by atoms with Crippen molar-refractivity contribution in [2.45, 2.75) is 12.1 Å². The molecule has 0 saturated carbocycles. The lowest BCUT2D eigenvalue weighted by molar-refractivity contribution is -0.297. The number of hydrogen-bond acceptors (Lipinski definition) is 5. The van der Waals surface area contributed by atoms with Gasteiger partial charge in [-0.1, -0.05) is 28.1 Å². The number of aromatic amines is 1. The minimum absolute atomic E-state index is 0.0568. The van der Waals surface area contributed by atoms with E-state index in [0.717, 1.165) is 21.8 Å². The quantitative estimate of drug-likeness (QED) is 0.678. The maximum absolute atomic E-state index is 11.1. The molecule has 0 atom stereocenters. The van der Waals surface area contributed by atoms with Gasteiger partial charge in [0.15, 0.2) is 0 Å². The van der Waals surface area contributed by atoms with Gasteiger partial charge < -0.3 is 9.90 Å². The van der Waals surface area contributed by atoms with Crippen molar-refractivity contribution in [2.24, 2.45) is 0 Å². The molecule has 0 unspecified atom stereocenters. The topological polar surface area (TPSA) is 81.7 Å². The Morgan fingerprint density at radius 2 is 2.11 bits per heavy atom. The van der Waals surface area contributed by atoms with Crippen molar-refractivity contribution in [3.05, 3.63) is 45.0 Å². The zero-order chi connectivity index (χ0) is 13.8. The van der Waals surface area contributed by atoms with Gasteiger partial charge in [-0.15, -0.1) is 5.10 Å². The summed E-state index contributed by atoms with van der Waals surface area (Å²) < 4.78 is 0.928. The second-order valence-electron chi connectivity index (χ2n) is 3.65. The van der Waals surface area contributed by atoms with Gasteiger partial charge in [0.05, 0.1) is 5.97 Å². The van der Waals surface area contributed by atoms with E-state index >= 15 is 0 Å². The largest absolute Gasteiger partial charge is 0.544 e. The van der Waals surface area contributed by atoms with Crippen LogP contribution in [-0.4, -0.2) is 21.2 Å². The number of nitrogens with one attached hydrogen (secondary N) is 1. The summed E-state index contributed by atoms with van der Waals surface area (Å²) in [5.41, 5.74) is 0.766. The number of thioether (sulfide) groups is 1. The molecule has 7 heteroatoms. The van der Waals surface area contributed by atoms with Gasteiger partial charge in [0.1, 0.15) is 5.82 Å². The summed E-state index contributed by atoms with van der Waals surface area (Å²) in [5, 5.41) is 18.0. The third-order valence-electron chi connectivity index (χ3n) is 2.15. The lowest BCUT2D eigenvalue weighted by Gasteiger charge is -2.05. The number of hydrogen-bond donors (Lipinski definition) is 1. The number of aryl methyl sites for hydroxylation is 1. The first-order chi connectivity index (χ1) is 9.04. The van der Waals surface area contributed by atoms with Crippen LogP contribution in [0.25, 0.3) is 6.08 Å². The van der Waals surface area contributed by atoms with E-state index in [2.05, 4.69) is 31.1 Å². The molecule has 1 aromatic carbocycles. The number of H-pyrrole nitrogens is 1. The third-order valence-corrected chi connectivity index (χ3v) is 3.55. The highest BCUT2D eigenvalue weighted by molar-refractivity contribution is 9.10. The highest BCUT2D eigenvalue weighted by Gasteiger charge is 2.07. The molecule has 98 valence electrons. The minimum Gasteiger partial charge on any atom is -0.544 e. The maximum atomic E-state index is 11.1. The molecule has 0 fully saturated rings. The number of halogens is 1. The van der Waals surface area contributed by atoms with Crippen LogP contribution < -0.4 is 5.11 Å². The van der Waals surface area contributed by atoms with Crippen LogP contribution in [0, 0.1) is 6.92 Å². The van der Waals surface area contributed by atoms with E-state index in [1.165, 1.54) is 6.08 Å². The van der Waals surface area contributed by atoms with Crippen LogP contribution in [0.5, 0.6) is 0 Å². The second-order valence-corrected chi connectivity index (χ2v) is 5.58. The third kappa shape index (κ3) is 3.93. The van der Waals surface area contributed by atoms with Gasteiger partial charge in [-0.3, -0.25) is 5.10 Å². The Kier molecular flexibility index (Phi) is 4.39. The molecule has 0 amide bonds. The van der Waals surface area contributed by atoms with E-state index in [9.17, 15) is 9.90 Å². The Morgan fingerprint density at radius 1 is 1.42 bits per heavy atom. The molecule has 0 saturated heterocycles. The number of carboxylic acid groups (broad SMARTS) is 1. The van der Waals surface area contributed by atoms with Gasteiger partial charge in [-0.05, 0) is 42.5 Å². The number of aliphatic carboxylic acids is 1. The molecule has 0 aliphatic carbocycles. The number of benzene rings is 1. The number of nitrogens with zero attached hydrogens (tertiary/aromatic N) is 2. The van der Waals surface area contributed by atoms with E-state index in [-0.39, 0.29) is 4.91 Å². The normalized spacial score (nSPS) is 11.6. The summed E-state index contributed by atoms with van der Waals surface area (Å²) in [6, 6.07) is 7.27. The van der Waals surface area contributed by atoms with Crippen molar-refractivity contribution in [3.63, 3.8) is 0 Å². The van der Waals surface area contributed by atoms with Crippen molar-refractivity contribution in [1.82, 2.24) is 15.2 Å². The Labute approximate surface area is 122 Å². The number of rotatable bonds is 4. The van der Waals surface area contributed by atoms with Crippen molar-refractivity contribution in [2.75, 3.05) is 0 Å². The second kappa shape index (κ2) is 6.03. The highest BCUT2D eigenvalue weighted by atomic mass is 79.9. The Morgan fingerprint density at radius 3 is 2.63 bits per heavy atom. The summed E-state index contributed by atoms with van der Waals surface area (Å²) in [5.74, 6) is -0.626. The number of carboxylic acids is 1. The van der Waals surface area contributed by atoms with Crippen molar-refractivity contribution in [3.8, 4) is 0 Å². The molecule has 2 aromatic rings. The van der Waals surface area contributed by atoms with Crippen LogP contribution in [0.15, 0.2) is 38.8 Å². The van der Waals surface area contributed by atoms with Gasteiger partial charge in [0.25, 0.3) is 0 Å². The number of carbonyl (C=O) groups excluding carboxylic acids is 1. The van der Waals surface area contributed by atoms with E-state index < -0.39 is 5.97 Å². The molecule has 0 spiro atoms. The van der Waals surface area contributed by atoms with E-state index in [1.807, 2.05) is 12.1 Å². The fraction of sp³-hybridized carbons (Fsp3) is 0.0833. The highest BCUT2D eigenvalue weighted by Crippen LogP contribution is 2.25. The number of aromatic nitrogens is 3. The van der Waals surface area contributed by atoms with Crippen LogP contribution in [0.2, 0.25) is 0 Å². The van der Waals surface area contributed by atoms with Crippen LogP contribution in [0.1, 0.15) is 11.4 Å². The van der Waals surface area contributed by atoms with E-state index in [0.29, 0.717) is 11.0 Å². The molecule has 5 nitrogen and oxygen atoms in total. The summed E-state index contributed by atoms with van der Waals surface area (Å²) in [4.78, 5) is 15.2. The maximum Gasteiger partial charge on any atom is 0.213 e. The molecule has 2 rings (SSSR count). The molecule has 0 bridgehead atoms. The summed E-state index contributed by atoms with van der Waals surface area (Å²) >= 11 is 4.27. The fourth-order valence-electron chi connectivity index (χ4n) is 1.31. The van der Waals surface area contributed by atoms with Crippen LogP contribution in [0.3, 0.4) is 0 Å². The lowest BCUT2D eigenvalue weighted by Crippen LogP contribution is -2.23. The zero-order valence-electron chi connectivity index (χ0n) is 9.88. The standard InChI is InChI=1S/C12H10BrN3O2S/c1-7-14-12(16-15-7)19-10(11(17)18)6-8-2-4-9(13)5-3-8/h2-6H,1H3,(H,17,18)(H,14,15,16)/p-1/b10-6-. The molecule has 0 radical (unpaired) electrons. The average molecular weight is 339 g/mol. The average Bonchev–Trinajstić information content (AvgIpc) is 2.76. The SMILES string of the molecule is Cc1nc(S/C(=C\c2ccc(Br)cc2)C(=O)[O-])n[nH]1. The predicted molar refractivity (Wildman–Crippen MR) is 74.1 cm³/mol. The lowest BCUT2D eigenvalue weighted by atomic mass is 10.2. The Bertz CT molecular complexity index is 622. The van der Waals surface area contributed by atoms with Gasteiger partial charge in [0.2, 0.25) is 5.16 Å². The van der Waals surface area contributed by atoms with Crippen molar-refractivity contribution >= 4 is 39.7 Å². The van der Waals surface area contributed by atoms with Crippen molar-refractivity contribution < 1.29 is 9.90 Å². The summed E-state index contributed by atoms with van der Waals surface area (Å²) in [6.45, 7) is 1.74. The first-order valence-corrected chi connectivity index (χ1v) is 6.91. The van der Waals surface area contributed by atoms with Crippen molar-refractivity contribution in [1.29, 1.82) is 0 Å². The predicted octanol–water partition coefficient (Wildman–Crippen LogP) is 1.76. The zero-order valence-corrected chi connectivity index (χ0v) is 12.3. The van der Waals surface area contributed by atoms with Gasteiger partial charge in [0, 0.05) is 9.38 Å². The van der Waals surface area contributed by atoms with Crippen LogP contribution in [-0.2, 0) is 4.79 Å². The molecule has 19 heavy (non-hydrogen) atoms. The van der Waals surface area contributed by atoms with Gasteiger partial charge in [-0.25, -0.2) is 4.98 Å². The number of carbonyl (C=O) groups is 1. The first kappa shape index (κ1) is 13.8. The molecule has 0 aliphatic heterocycles. The summed E-state index contributed by atoms with van der Waals surface area (Å²) in [7, 11) is 0. The monoisotopic (exact) mass is 338 g/mol. The molecular weight excluding hydrogens is 330 g/mol. The minimum atomic E-state index is -1.25. The first-order valence-electron chi connectivity index (χ1n) is 5.30. The van der Waals surface area contributed by atoms with E-state index in [4.69, 9.17) is 0 Å². The molecule has 1 aromatic heterocycles.